The summed E-state index contributed by atoms with van der Waals surface area (Å²) in [5, 5.41) is 7.55. The van der Waals surface area contributed by atoms with Crippen molar-refractivity contribution in [2.75, 3.05) is 51.8 Å². The first-order chi connectivity index (χ1) is 16.9. The van der Waals surface area contributed by atoms with Gasteiger partial charge in [-0.3, -0.25) is 14.7 Å². The third-order valence-corrected chi connectivity index (χ3v) is 5.93. The van der Waals surface area contributed by atoms with E-state index in [2.05, 4.69) is 27.1 Å². The lowest BCUT2D eigenvalue weighted by Crippen LogP contribution is -2.40. The molecule has 2 heterocycles. The number of amides is 1. The van der Waals surface area contributed by atoms with Crippen LogP contribution in [0.15, 0.2) is 55.0 Å². The molecule has 4 N–H and O–H groups in total. The summed E-state index contributed by atoms with van der Waals surface area (Å²) >= 11 is 6.50. The van der Waals surface area contributed by atoms with E-state index in [0.717, 1.165) is 39.4 Å². The molecule has 1 aliphatic heterocycles. The minimum absolute atomic E-state index is 0.245. The van der Waals surface area contributed by atoms with Crippen molar-refractivity contribution in [3.05, 3.63) is 65.6 Å². The summed E-state index contributed by atoms with van der Waals surface area (Å²) in [6, 6.07) is 10.3. The van der Waals surface area contributed by atoms with Crippen LogP contribution in [0, 0.1) is 0 Å². The lowest BCUT2D eigenvalue weighted by Gasteiger charge is -2.26. The van der Waals surface area contributed by atoms with E-state index in [9.17, 15) is 4.79 Å². The standard InChI is InChI=1S/C25H28ClN5O4/c1-16(28-7-8-31-9-11-34-12-10-31)30-21-4-3-17(13-20(21)26)35-23-5-6-29-22-15-24(33-2)19(25(27)32)14-18(22)23/h3-6,13-15,28,30H,1,7-12H2,2H3,(H2,27,32). The maximum absolute atomic E-state index is 11.8. The summed E-state index contributed by atoms with van der Waals surface area (Å²) in [4.78, 5) is 18.5. The second-order valence-electron chi connectivity index (χ2n) is 7.97. The zero-order valence-electron chi connectivity index (χ0n) is 19.5. The number of benzene rings is 2. The molecule has 35 heavy (non-hydrogen) atoms. The molecule has 1 fully saturated rings. The van der Waals surface area contributed by atoms with Crippen LogP contribution in [0.5, 0.6) is 17.2 Å². The molecule has 0 radical (unpaired) electrons. The van der Waals surface area contributed by atoms with Crippen molar-refractivity contribution in [3.8, 4) is 17.2 Å². The molecular formula is C25H28ClN5O4. The lowest BCUT2D eigenvalue weighted by molar-refractivity contribution is 0.0387. The molecule has 4 rings (SSSR count). The summed E-state index contributed by atoms with van der Waals surface area (Å²) in [5.74, 6) is 1.44. The smallest absolute Gasteiger partial charge is 0.252 e. The van der Waals surface area contributed by atoms with E-state index >= 15 is 0 Å². The van der Waals surface area contributed by atoms with Crippen LogP contribution < -0.4 is 25.8 Å². The van der Waals surface area contributed by atoms with Gasteiger partial charge in [-0.25, -0.2) is 0 Å². The third kappa shape index (κ3) is 6.13. The molecule has 0 atom stereocenters. The number of rotatable bonds is 10. The summed E-state index contributed by atoms with van der Waals surface area (Å²) < 4.78 is 16.7. The van der Waals surface area contributed by atoms with E-state index in [-0.39, 0.29) is 5.56 Å². The number of halogens is 1. The van der Waals surface area contributed by atoms with Gasteiger partial charge >= 0.3 is 0 Å². The number of carbonyl (C=O) groups excluding carboxylic acids is 1. The second-order valence-corrected chi connectivity index (χ2v) is 8.38. The quantitative estimate of drug-likeness (QED) is 0.389. The predicted molar refractivity (Wildman–Crippen MR) is 136 cm³/mol. The number of morpholine rings is 1. The highest BCUT2D eigenvalue weighted by molar-refractivity contribution is 6.33. The van der Waals surface area contributed by atoms with Gasteiger partial charge in [-0.1, -0.05) is 18.2 Å². The fourth-order valence-electron chi connectivity index (χ4n) is 3.78. The molecule has 184 valence electrons. The van der Waals surface area contributed by atoms with Crippen molar-refractivity contribution >= 4 is 34.1 Å². The average Bonchev–Trinajstić information content (AvgIpc) is 2.85. The van der Waals surface area contributed by atoms with E-state index in [4.69, 9.17) is 31.5 Å². The third-order valence-electron chi connectivity index (χ3n) is 5.61. The molecule has 1 aromatic heterocycles. The molecule has 1 saturated heterocycles. The van der Waals surface area contributed by atoms with Gasteiger partial charge in [-0.15, -0.1) is 0 Å². The number of nitrogens with zero attached hydrogens (tertiary/aromatic N) is 2. The van der Waals surface area contributed by atoms with Gasteiger partial charge in [0.15, 0.2) is 0 Å². The molecule has 0 unspecified atom stereocenters. The molecule has 0 spiro atoms. The number of aromatic nitrogens is 1. The number of anilines is 1. The highest BCUT2D eigenvalue weighted by Crippen LogP contribution is 2.35. The maximum atomic E-state index is 11.8. The van der Waals surface area contributed by atoms with E-state index in [0.29, 0.717) is 44.7 Å². The van der Waals surface area contributed by atoms with Gasteiger partial charge in [0.25, 0.3) is 5.91 Å². The normalized spacial score (nSPS) is 13.9. The van der Waals surface area contributed by atoms with E-state index in [1.165, 1.54) is 7.11 Å². The van der Waals surface area contributed by atoms with Crippen LogP contribution in [0.1, 0.15) is 10.4 Å². The minimum Gasteiger partial charge on any atom is -0.496 e. The van der Waals surface area contributed by atoms with Crippen molar-refractivity contribution in [2.24, 2.45) is 5.73 Å². The molecule has 0 bridgehead atoms. The molecular weight excluding hydrogens is 470 g/mol. The van der Waals surface area contributed by atoms with Gasteiger partial charge in [0, 0.05) is 49.9 Å². The lowest BCUT2D eigenvalue weighted by atomic mass is 10.1. The zero-order valence-corrected chi connectivity index (χ0v) is 20.2. The number of primary amides is 1. The van der Waals surface area contributed by atoms with Crippen molar-refractivity contribution < 1.29 is 19.0 Å². The Morgan fingerprint density at radius 2 is 2.03 bits per heavy atom. The average molecular weight is 498 g/mol. The Kier molecular flexibility index (Phi) is 7.91. The fourth-order valence-corrected chi connectivity index (χ4v) is 4.00. The molecule has 9 nitrogen and oxygen atoms in total. The molecule has 1 amide bonds. The van der Waals surface area contributed by atoms with Crippen LogP contribution in [-0.2, 0) is 4.74 Å². The summed E-state index contributed by atoms with van der Waals surface area (Å²) in [6.45, 7) is 9.14. The Balaban J connectivity index is 1.42. The monoisotopic (exact) mass is 497 g/mol. The van der Waals surface area contributed by atoms with Gasteiger partial charge in [0.05, 0.1) is 47.9 Å². The van der Waals surface area contributed by atoms with E-state index in [1.54, 1.807) is 36.5 Å². The van der Waals surface area contributed by atoms with Gasteiger partial charge in [-0.2, -0.15) is 0 Å². The van der Waals surface area contributed by atoms with Crippen LogP contribution in [0.2, 0.25) is 5.02 Å². The Morgan fingerprint density at radius 1 is 1.23 bits per heavy atom. The van der Waals surface area contributed by atoms with Crippen LogP contribution in [0.3, 0.4) is 0 Å². The van der Waals surface area contributed by atoms with Crippen LogP contribution in [0.25, 0.3) is 10.9 Å². The van der Waals surface area contributed by atoms with E-state index in [1.807, 2.05) is 6.07 Å². The Morgan fingerprint density at radius 3 is 2.74 bits per heavy atom. The Bertz CT molecular complexity index is 1230. The van der Waals surface area contributed by atoms with Crippen LogP contribution >= 0.6 is 11.6 Å². The maximum Gasteiger partial charge on any atom is 0.252 e. The summed E-state index contributed by atoms with van der Waals surface area (Å²) in [7, 11) is 1.47. The Labute approximate surface area is 208 Å². The second kappa shape index (κ2) is 11.3. The first-order valence-corrected chi connectivity index (χ1v) is 11.6. The number of carbonyl (C=O) groups is 1. The van der Waals surface area contributed by atoms with E-state index < -0.39 is 5.91 Å². The number of nitrogens with one attached hydrogen (secondary N) is 2. The number of nitrogens with two attached hydrogens (primary N) is 1. The first-order valence-electron chi connectivity index (χ1n) is 11.2. The fraction of sp³-hybridized carbons (Fsp3) is 0.280. The number of methoxy groups -OCH3 is 1. The number of ether oxygens (including phenoxy) is 3. The molecule has 1 aliphatic rings. The molecule has 2 aromatic carbocycles. The first kappa shape index (κ1) is 24.6. The SMILES string of the molecule is C=C(NCCN1CCOCC1)Nc1ccc(Oc2ccnc3cc(OC)c(C(N)=O)cc23)cc1Cl. The van der Waals surface area contributed by atoms with Gasteiger partial charge < -0.3 is 30.6 Å². The molecule has 10 heteroatoms. The number of hydrogen-bond acceptors (Lipinski definition) is 8. The number of hydrogen-bond donors (Lipinski definition) is 3. The van der Waals surface area contributed by atoms with Gasteiger partial charge in [0.1, 0.15) is 17.2 Å². The van der Waals surface area contributed by atoms with Crippen molar-refractivity contribution in [1.29, 1.82) is 0 Å². The largest absolute Gasteiger partial charge is 0.496 e. The Hall–Kier alpha value is -3.53. The van der Waals surface area contributed by atoms with Gasteiger partial charge in [-0.05, 0) is 24.3 Å². The highest BCUT2D eigenvalue weighted by atomic mass is 35.5. The van der Waals surface area contributed by atoms with Crippen molar-refractivity contribution in [3.63, 3.8) is 0 Å². The molecule has 3 aromatic rings. The minimum atomic E-state index is -0.601. The zero-order chi connectivity index (χ0) is 24.8. The predicted octanol–water partition coefficient (Wildman–Crippen LogP) is 3.59. The molecule has 0 aliphatic carbocycles. The van der Waals surface area contributed by atoms with Crippen LogP contribution in [0.4, 0.5) is 5.69 Å². The number of pyridine rings is 1. The topological polar surface area (TPSA) is 111 Å². The van der Waals surface area contributed by atoms with Gasteiger partial charge in [0.2, 0.25) is 0 Å². The van der Waals surface area contributed by atoms with Crippen LogP contribution in [-0.4, -0.2) is 62.3 Å². The van der Waals surface area contributed by atoms with Crippen molar-refractivity contribution in [2.45, 2.75) is 0 Å². The summed E-state index contributed by atoms with van der Waals surface area (Å²) in [6.07, 6.45) is 1.62. The highest BCUT2D eigenvalue weighted by Gasteiger charge is 2.15. The molecule has 0 saturated carbocycles. The van der Waals surface area contributed by atoms with Crippen molar-refractivity contribution in [1.82, 2.24) is 15.2 Å². The number of fused-ring (bicyclic) bond motifs is 1. The summed E-state index contributed by atoms with van der Waals surface area (Å²) in [5.41, 5.74) is 7.05.